The lowest BCUT2D eigenvalue weighted by Gasteiger charge is -2.29. The fourth-order valence-corrected chi connectivity index (χ4v) is 2.93. The van der Waals surface area contributed by atoms with Gasteiger partial charge >= 0.3 is 0 Å². The first-order chi connectivity index (χ1) is 11.9. The maximum Gasteiger partial charge on any atom is 0.270 e. The zero-order valence-electron chi connectivity index (χ0n) is 12.5. The smallest absolute Gasteiger partial charge is 0.270 e. The van der Waals surface area contributed by atoms with Crippen molar-refractivity contribution in [3.05, 3.63) is 63.6 Å². The van der Waals surface area contributed by atoms with Crippen molar-refractivity contribution in [2.75, 3.05) is 4.90 Å². The second-order valence-corrected chi connectivity index (χ2v) is 6.34. The summed E-state index contributed by atoms with van der Waals surface area (Å²) in [6, 6.07) is 10.9. The summed E-state index contributed by atoms with van der Waals surface area (Å²) in [6.45, 7) is 0. The van der Waals surface area contributed by atoms with Gasteiger partial charge in [-0.3, -0.25) is 19.8 Å². The van der Waals surface area contributed by atoms with Crippen LogP contribution in [0.2, 0.25) is 10.0 Å². The Hall–Kier alpha value is -2.41. The number of hydrogen-bond donors (Lipinski definition) is 2. The maximum absolute atomic E-state index is 12.8. The summed E-state index contributed by atoms with van der Waals surface area (Å²) in [7, 11) is 0. The number of nitrogens with one attached hydrogen (secondary N) is 1. The molecule has 0 spiro atoms. The number of aromatic hydroxyl groups is 1. The monoisotopic (exact) mass is 392 g/mol. The summed E-state index contributed by atoms with van der Waals surface area (Å²) in [5, 5.41) is 13.1. The van der Waals surface area contributed by atoms with E-state index in [1.54, 1.807) is 36.4 Å². The molecule has 126 valence electrons. The molecule has 5 nitrogen and oxygen atoms in total. The molecular formula is C17H10Cl2N2O3S. The molecule has 0 radical (unpaired) electrons. The Balaban J connectivity index is 2.07. The number of rotatable bonds is 2. The van der Waals surface area contributed by atoms with Crippen molar-refractivity contribution < 1.29 is 14.7 Å². The molecule has 1 aliphatic heterocycles. The predicted octanol–water partition coefficient (Wildman–Crippen LogP) is 3.53. The van der Waals surface area contributed by atoms with Crippen LogP contribution >= 0.6 is 35.4 Å². The van der Waals surface area contributed by atoms with Gasteiger partial charge in [0.05, 0.1) is 10.7 Å². The lowest BCUT2D eigenvalue weighted by atomic mass is 10.1. The average molecular weight is 393 g/mol. The van der Waals surface area contributed by atoms with Crippen LogP contribution in [0.4, 0.5) is 5.69 Å². The number of carbonyl (C=O) groups excluding carboxylic acids is 2. The zero-order valence-corrected chi connectivity index (χ0v) is 14.8. The average Bonchev–Trinajstić information content (AvgIpc) is 2.55. The van der Waals surface area contributed by atoms with E-state index in [1.807, 2.05) is 0 Å². The minimum Gasteiger partial charge on any atom is -0.507 e. The molecule has 2 aromatic rings. The van der Waals surface area contributed by atoms with Crippen molar-refractivity contribution in [2.24, 2.45) is 0 Å². The van der Waals surface area contributed by atoms with Crippen LogP contribution in [0.5, 0.6) is 5.75 Å². The molecule has 0 bridgehead atoms. The lowest BCUT2D eigenvalue weighted by molar-refractivity contribution is -0.122. The summed E-state index contributed by atoms with van der Waals surface area (Å²) in [4.78, 5) is 26.2. The normalized spacial score (nSPS) is 16.3. The van der Waals surface area contributed by atoms with Crippen LogP contribution in [-0.4, -0.2) is 22.0 Å². The summed E-state index contributed by atoms with van der Waals surface area (Å²) >= 11 is 17.0. The highest BCUT2D eigenvalue weighted by Gasteiger charge is 2.34. The molecule has 2 N–H and O–H groups in total. The van der Waals surface area contributed by atoms with Crippen LogP contribution in [0.3, 0.4) is 0 Å². The largest absolute Gasteiger partial charge is 0.507 e. The van der Waals surface area contributed by atoms with Gasteiger partial charge in [0.15, 0.2) is 5.11 Å². The number of hydrogen-bond acceptors (Lipinski definition) is 4. The molecule has 2 amide bonds. The van der Waals surface area contributed by atoms with Gasteiger partial charge in [-0.05, 0) is 54.7 Å². The van der Waals surface area contributed by atoms with Crippen molar-refractivity contribution in [2.45, 2.75) is 0 Å². The molecular weight excluding hydrogens is 383 g/mol. The Labute approximate surface area is 158 Å². The lowest BCUT2D eigenvalue weighted by Crippen LogP contribution is -2.54. The van der Waals surface area contributed by atoms with E-state index >= 15 is 0 Å². The second-order valence-electron chi connectivity index (χ2n) is 5.11. The van der Waals surface area contributed by atoms with E-state index in [2.05, 4.69) is 5.32 Å². The molecule has 3 rings (SSSR count). The minimum atomic E-state index is -0.667. The molecule has 0 unspecified atom stereocenters. The third-order valence-corrected chi connectivity index (χ3v) is 4.37. The van der Waals surface area contributed by atoms with Crippen molar-refractivity contribution in [1.29, 1.82) is 0 Å². The van der Waals surface area contributed by atoms with Gasteiger partial charge in [0.25, 0.3) is 11.8 Å². The third-order valence-electron chi connectivity index (χ3n) is 3.51. The van der Waals surface area contributed by atoms with Crippen molar-refractivity contribution in [3.8, 4) is 5.75 Å². The number of nitrogens with zero attached hydrogens (tertiary/aromatic N) is 1. The fraction of sp³-hybridized carbons (Fsp3) is 0. The SMILES string of the molecule is O=C1NC(=S)N(c2ccc(Cl)cc2)C(=O)C1=Cc1c(O)cccc1Cl. The van der Waals surface area contributed by atoms with E-state index in [9.17, 15) is 14.7 Å². The highest BCUT2D eigenvalue weighted by molar-refractivity contribution is 7.80. The van der Waals surface area contributed by atoms with Gasteiger partial charge in [0, 0.05) is 10.6 Å². The van der Waals surface area contributed by atoms with E-state index in [0.29, 0.717) is 10.7 Å². The number of phenolic OH excluding ortho intramolecular Hbond substituents is 1. The summed E-state index contributed by atoms with van der Waals surface area (Å²) in [5.41, 5.74) is 0.423. The fourth-order valence-electron chi connectivity index (χ4n) is 2.29. The Morgan fingerprint density at radius 1 is 1.08 bits per heavy atom. The van der Waals surface area contributed by atoms with Crippen molar-refractivity contribution >= 4 is 64.1 Å². The molecule has 0 saturated carbocycles. The molecule has 0 atom stereocenters. The topological polar surface area (TPSA) is 69.6 Å². The molecule has 0 aromatic heterocycles. The quantitative estimate of drug-likeness (QED) is 0.465. The van der Waals surface area contributed by atoms with E-state index in [1.165, 1.54) is 17.0 Å². The van der Waals surface area contributed by atoms with Gasteiger partial charge < -0.3 is 5.11 Å². The number of phenols is 1. The molecule has 0 aliphatic carbocycles. The summed E-state index contributed by atoms with van der Waals surface area (Å²) in [6.07, 6.45) is 1.24. The van der Waals surface area contributed by atoms with Crippen molar-refractivity contribution in [1.82, 2.24) is 5.32 Å². The first-order valence-electron chi connectivity index (χ1n) is 7.03. The van der Waals surface area contributed by atoms with Crippen LogP contribution in [-0.2, 0) is 9.59 Å². The molecule has 1 aliphatic rings. The summed E-state index contributed by atoms with van der Waals surface area (Å²) in [5.74, 6) is -1.44. The first kappa shape index (κ1) is 17.4. The van der Waals surface area contributed by atoms with Gasteiger partial charge in [0.2, 0.25) is 0 Å². The number of halogens is 2. The molecule has 2 aromatic carbocycles. The molecule has 25 heavy (non-hydrogen) atoms. The van der Waals surface area contributed by atoms with Gasteiger partial charge in [-0.25, -0.2) is 0 Å². The van der Waals surface area contributed by atoms with Gasteiger partial charge in [-0.1, -0.05) is 29.3 Å². The third kappa shape index (κ3) is 3.37. The van der Waals surface area contributed by atoms with E-state index in [0.717, 1.165) is 0 Å². The maximum atomic E-state index is 12.8. The molecule has 8 heteroatoms. The number of anilines is 1. The van der Waals surface area contributed by atoms with Crippen LogP contribution in [0.1, 0.15) is 5.56 Å². The van der Waals surface area contributed by atoms with Gasteiger partial charge in [-0.15, -0.1) is 0 Å². The number of carbonyl (C=O) groups is 2. The van der Waals surface area contributed by atoms with Gasteiger partial charge in [-0.2, -0.15) is 0 Å². The van der Waals surface area contributed by atoms with E-state index < -0.39 is 11.8 Å². The Bertz CT molecular complexity index is 906. The van der Waals surface area contributed by atoms with Crippen molar-refractivity contribution in [3.63, 3.8) is 0 Å². The van der Waals surface area contributed by atoms with Crippen LogP contribution in [0.25, 0.3) is 6.08 Å². The Kier molecular flexibility index (Phi) is 4.76. The minimum absolute atomic E-state index is 0.0437. The molecule has 1 saturated heterocycles. The Morgan fingerprint density at radius 3 is 2.40 bits per heavy atom. The van der Waals surface area contributed by atoms with Crippen LogP contribution < -0.4 is 10.2 Å². The zero-order chi connectivity index (χ0) is 18.1. The molecule has 1 fully saturated rings. The second kappa shape index (κ2) is 6.84. The highest BCUT2D eigenvalue weighted by atomic mass is 35.5. The van der Waals surface area contributed by atoms with E-state index in [-0.39, 0.29) is 27.0 Å². The molecule has 1 heterocycles. The van der Waals surface area contributed by atoms with Crippen LogP contribution in [0.15, 0.2) is 48.0 Å². The standard InChI is InChI=1S/C17H10Cl2N2O3S/c18-9-4-6-10(7-5-9)21-16(24)12(15(23)20-17(21)25)8-11-13(19)2-1-3-14(11)22/h1-8,22H,(H,20,23,25). The first-order valence-corrected chi connectivity index (χ1v) is 8.19. The highest BCUT2D eigenvalue weighted by Crippen LogP contribution is 2.30. The number of thiocarbonyl (C=S) groups is 1. The Morgan fingerprint density at radius 2 is 1.76 bits per heavy atom. The number of amides is 2. The van der Waals surface area contributed by atoms with Crippen LogP contribution in [0, 0.1) is 0 Å². The van der Waals surface area contributed by atoms with E-state index in [4.69, 9.17) is 35.4 Å². The number of benzene rings is 2. The predicted molar refractivity (Wildman–Crippen MR) is 101 cm³/mol. The summed E-state index contributed by atoms with van der Waals surface area (Å²) < 4.78 is 0. The van der Waals surface area contributed by atoms with Gasteiger partial charge in [0.1, 0.15) is 11.3 Å².